The van der Waals surface area contributed by atoms with Crippen LogP contribution in [0.5, 0.6) is 0 Å². The Kier molecular flexibility index (Phi) is 4.41. The average Bonchev–Trinajstić information content (AvgIpc) is 2.20. The maximum absolute atomic E-state index is 11.5. The van der Waals surface area contributed by atoms with Crippen LogP contribution in [0.3, 0.4) is 0 Å². The van der Waals surface area contributed by atoms with Crippen LogP contribution < -0.4 is 5.32 Å². The van der Waals surface area contributed by atoms with Crippen molar-refractivity contribution < 1.29 is 4.79 Å². The first-order chi connectivity index (χ1) is 6.77. The third kappa shape index (κ3) is 3.00. The van der Waals surface area contributed by atoms with Gasteiger partial charge in [0.2, 0.25) is 5.91 Å². The molecule has 4 nitrogen and oxygen atoms in total. The minimum absolute atomic E-state index is 0.157. The number of likely N-dealkylation sites (tertiary alicyclic amines) is 1. The number of amides is 1. The smallest absolute Gasteiger partial charge is 0.223 e. The van der Waals surface area contributed by atoms with E-state index in [1.807, 2.05) is 6.92 Å². The highest BCUT2D eigenvalue weighted by Gasteiger charge is 2.23. The van der Waals surface area contributed by atoms with E-state index in [1.165, 1.54) is 0 Å². The summed E-state index contributed by atoms with van der Waals surface area (Å²) < 4.78 is 0. The Morgan fingerprint density at radius 1 is 1.57 bits per heavy atom. The lowest BCUT2D eigenvalue weighted by Crippen LogP contribution is -2.40. The number of nitrogens with zero attached hydrogens (tertiary/aromatic N) is 2. The Morgan fingerprint density at radius 2 is 2.21 bits per heavy atom. The quantitative estimate of drug-likeness (QED) is 0.661. The second-order valence-electron chi connectivity index (χ2n) is 3.60. The summed E-state index contributed by atoms with van der Waals surface area (Å²) in [5, 5.41) is 11.3. The molecule has 1 rings (SSSR count). The van der Waals surface area contributed by atoms with Crippen LogP contribution >= 0.6 is 0 Å². The van der Waals surface area contributed by atoms with E-state index in [4.69, 9.17) is 5.26 Å². The van der Waals surface area contributed by atoms with Gasteiger partial charge in [0.25, 0.3) is 0 Å². The van der Waals surface area contributed by atoms with Crippen molar-refractivity contribution in [1.29, 1.82) is 5.26 Å². The van der Waals surface area contributed by atoms with Gasteiger partial charge < -0.3 is 5.32 Å². The molecule has 1 N–H and O–H groups in total. The normalized spacial score (nSPS) is 18.9. The molecule has 0 aromatic heterocycles. The van der Waals surface area contributed by atoms with Crippen molar-refractivity contribution in [2.45, 2.75) is 19.8 Å². The van der Waals surface area contributed by atoms with Crippen LogP contribution in [0.4, 0.5) is 0 Å². The van der Waals surface area contributed by atoms with Gasteiger partial charge in [0.1, 0.15) is 0 Å². The number of rotatable bonds is 3. The van der Waals surface area contributed by atoms with E-state index < -0.39 is 0 Å². The van der Waals surface area contributed by atoms with Gasteiger partial charge in [-0.2, -0.15) is 5.26 Å². The van der Waals surface area contributed by atoms with Gasteiger partial charge >= 0.3 is 0 Å². The predicted octanol–water partition coefficient (Wildman–Crippen LogP) is 0.358. The minimum Gasteiger partial charge on any atom is -0.356 e. The summed E-state index contributed by atoms with van der Waals surface area (Å²) in [5.74, 6) is 0.328. The van der Waals surface area contributed by atoms with Gasteiger partial charge in [-0.25, -0.2) is 0 Å². The highest BCUT2D eigenvalue weighted by molar-refractivity contribution is 5.78. The lowest BCUT2D eigenvalue weighted by atomic mass is 9.96. The fraction of sp³-hybridized carbons (Fsp3) is 0.800. The van der Waals surface area contributed by atoms with E-state index in [2.05, 4.69) is 16.3 Å². The molecule has 0 bridgehead atoms. The van der Waals surface area contributed by atoms with Gasteiger partial charge in [0.05, 0.1) is 12.6 Å². The molecule has 0 aliphatic carbocycles. The molecule has 0 radical (unpaired) electrons. The second-order valence-corrected chi connectivity index (χ2v) is 3.60. The van der Waals surface area contributed by atoms with Crippen molar-refractivity contribution in [2.75, 3.05) is 26.2 Å². The molecule has 0 spiro atoms. The molecule has 4 heteroatoms. The monoisotopic (exact) mass is 195 g/mol. The van der Waals surface area contributed by atoms with Gasteiger partial charge in [-0.05, 0) is 32.9 Å². The molecule has 0 saturated carbocycles. The summed E-state index contributed by atoms with van der Waals surface area (Å²) >= 11 is 0. The molecule has 78 valence electrons. The van der Waals surface area contributed by atoms with Crippen molar-refractivity contribution in [3.05, 3.63) is 0 Å². The first kappa shape index (κ1) is 11.0. The number of nitriles is 1. The second kappa shape index (κ2) is 5.61. The molecule has 1 fully saturated rings. The summed E-state index contributed by atoms with van der Waals surface area (Å²) in [7, 11) is 0. The zero-order valence-electron chi connectivity index (χ0n) is 8.62. The van der Waals surface area contributed by atoms with E-state index >= 15 is 0 Å². The predicted molar refractivity (Wildman–Crippen MR) is 53.5 cm³/mol. The Labute approximate surface area is 84.9 Å². The van der Waals surface area contributed by atoms with Crippen molar-refractivity contribution in [3.63, 3.8) is 0 Å². The molecule has 0 unspecified atom stereocenters. The van der Waals surface area contributed by atoms with Gasteiger partial charge in [0.15, 0.2) is 0 Å². The summed E-state index contributed by atoms with van der Waals surface area (Å²) in [6, 6.07) is 2.13. The van der Waals surface area contributed by atoms with E-state index in [9.17, 15) is 4.79 Å². The standard InChI is InChI=1S/C10H17N3O/c1-2-12-10(14)9-3-6-13(7-4-9)8-5-11/h9H,2-4,6-8H2,1H3,(H,12,14). The molecule has 1 aliphatic heterocycles. The van der Waals surface area contributed by atoms with Crippen LogP contribution in [0.2, 0.25) is 0 Å². The summed E-state index contributed by atoms with van der Waals surface area (Å²) in [5.41, 5.74) is 0. The number of carbonyl (C=O) groups is 1. The first-order valence-corrected chi connectivity index (χ1v) is 5.15. The largest absolute Gasteiger partial charge is 0.356 e. The van der Waals surface area contributed by atoms with Crippen molar-refractivity contribution >= 4 is 5.91 Å². The molecule has 0 aromatic carbocycles. The number of nitrogens with one attached hydrogen (secondary N) is 1. The molecule has 1 saturated heterocycles. The molecular formula is C10H17N3O. The molecule has 1 heterocycles. The van der Waals surface area contributed by atoms with Crippen LogP contribution in [0, 0.1) is 17.2 Å². The van der Waals surface area contributed by atoms with E-state index in [0.29, 0.717) is 13.1 Å². The lowest BCUT2D eigenvalue weighted by molar-refractivity contribution is -0.126. The maximum atomic E-state index is 11.5. The fourth-order valence-electron chi connectivity index (χ4n) is 1.77. The fourth-order valence-corrected chi connectivity index (χ4v) is 1.77. The van der Waals surface area contributed by atoms with Crippen LogP contribution in [0.25, 0.3) is 0 Å². The molecular weight excluding hydrogens is 178 g/mol. The Bertz CT molecular complexity index is 226. The molecule has 14 heavy (non-hydrogen) atoms. The topological polar surface area (TPSA) is 56.1 Å². The van der Waals surface area contributed by atoms with Crippen molar-refractivity contribution in [3.8, 4) is 6.07 Å². The van der Waals surface area contributed by atoms with E-state index in [-0.39, 0.29) is 11.8 Å². The van der Waals surface area contributed by atoms with Gasteiger partial charge in [-0.3, -0.25) is 9.69 Å². The minimum atomic E-state index is 0.157. The molecule has 0 atom stereocenters. The zero-order valence-corrected chi connectivity index (χ0v) is 8.62. The Morgan fingerprint density at radius 3 is 2.71 bits per heavy atom. The third-order valence-corrected chi connectivity index (χ3v) is 2.60. The number of carbonyl (C=O) groups excluding carboxylic acids is 1. The Hall–Kier alpha value is -1.08. The lowest BCUT2D eigenvalue weighted by Gasteiger charge is -2.29. The molecule has 1 amide bonds. The van der Waals surface area contributed by atoms with E-state index in [0.717, 1.165) is 25.9 Å². The summed E-state index contributed by atoms with van der Waals surface area (Å²) in [6.07, 6.45) is 1.76. The summed E-state index contributed by atoms with van der Waals surface area (Å²) in [4.78, 5) is 13.6. The molecule has 0 aromatic rings. The highest BCUT2D eigenvalue weighted by Crippen LogP contribution is 2.16. The maximum Gasteiger partial charge on any atom is 0.223 e. The van der Waals surface area contributed by atoms with Crippen LogP contribution in [-0.4, -0.2) is 37.0 Å². The van der Waals surface area contributed by atoms with Gasteiger partial charge in [-0.15, -0.1) is 0 Å². The summed E-state index contributed by atoms with van der Waals surface area (Å²) in [6.45, 7) is 4.87. The van der Waals surface area contributed by atoms with Crippen LogP contribution in [0.15, 0.2) is 0 Å². The zero-order chi connectivity index (χ0) is 10.4. The number of hydrogen-bond acceptors (Lipinski definition) is 3. The van der Waals surface area contributed by atoms with E-state index in [1.54, 1.807) is 0 Å². The Balaban J connectivity index is 2.28. The SMILES string of the molecule is CCNC(=O)C1CCN(CC#N)CC1. The van der Waals surface area contributed by atoms with Gasteiger partial charge in [0, 0.05) is 12.5 Å². The van der Waals surface area contributed by atoms with Crippen molar-refractivity contribution in [1.82, 2.24) is 10.2 Å². The van der Waals surface area contributed by atoms with Gasteiger partial charge in [-0.1, -0.05) is 0 Å². The molecule has 1 aliphatic rings. The third-order valence-electron chi connectivity index (χ3n) is 2.60. The number of hydrogen-bond donors (Lipinski definition) is 1. The van der Waals surface area contributed by atoms with Crippen molar-refractivity contribution in [2.24, 2.45) is 5.92 Å². The average molecular weight is 195 g/mol. The highest BCUT2D eigenvalue weighted by atomic mass is 16.1. The van der Waals surface area contributed by atoms with Crippen LogP contribution in [0.1, 0.15) is 19.8 Å². The number of piperidine rings is 1. The van der Waals surface area contributed by atoms with Crippen LogP contribution in [-0.2, 0) is 4.79 Å². The first-order valence-electron chi connectivity index (χ1n) is 5.15.